The molecule has 0 radical (unpaired) electrons. The maximum Gasteiger partial charge on any atom is 0.123 e. The number of hydrogen-bond acceptors (Lipinski definition) is 2. The molecule has 86 valence electrons. The van der Waals surface area contributed by atoms with Crippen LogP contribution in [0.5, 0.6) is 5.75 Å². The van der Waals surface area contributed by atoms with Crippen LogP contribution in [0.2, 0.25) is 0 Å². The second kappa shape index (κ2) is 5.08. The van der Waals surface area contributed by atoms with Crippen molar-refractivity contribution in [2.24, 2.45) is 0 Å². The van der Waals surface area contributed by atoms with E-state index >= 15 is 0 Å². The first-order valence-electron chi connectivity index (χ1n) is 5.16. The zero-order valence-electron chi connectivity index (χ0n) is 9.40. The van der Waals surface area contributed by atoms with Crippen molar-refractivity contribution < 1.29 is 5.11 Å². The Labute approximate surface area is 102 Å². The van der Waals surface area contributed by atoms with E-state index in [4.69, 9.17) is 0 Å². The molecule has 0 amide bonds. The van der Waals surface area contributed by atoms with Gasteiger partial charge in [-0.25, -0.2) is 0 Å². The summed E-state index contributed by atoms with van der Waals surface area (Å²) in [6.07, 6.45) is 0. The molecule has 0 spiro atoms. The highest BCUT2D eigenvalue weighted by Crippen LogP contribution is 2.30. The second-order valence-electron chi connectivity index (χ2n) is 3.98. The lowest BCUT2D eigenvalue weighted by Gasteiger charge is -2.13. The largest absolute Gasteiger partial charge is 0.507 e. The van der Waals surface area contributed by atoms with Crippen molar-refractivity contribution in [3.63, 3.8) is 0 Å². The molecule has 0 aromatic heterocycles. The average Bonchev–Trinajstić information content (AvgIpc) is 2.22. The minimum atomic E-state index is 0. The third kappa shape index (κ3) is 2.39. The van der Waals surface area contributed by atoms with Crippen LogP contribution in [0.25, 0.3) is 10.8 Å². The molecule has 0 unspecified atom stereocenters. The van der Waals surface area contributed by atoms with Crippen LogP contribution in [0, 0.1) is 0 Å². The van der Waals surface area contributed by atoms with Crippen molar-refractivity contribution >= 4 is 28.9 Å². The van der Waals surface area contributed by atoms with E-state index in [0.29, 0.717) is 11.8 Å². The molecule has 0 saturated carbocycles. The number of benzene rings is 2. The van der Waals surface area contributed by atoms with Gasteiger partial charge in [0.15, 0.2) is 0 Å². The van der Waals surface area contributed by atoms with Crippen LogP contribution < -0.4 is 5.32 Å². The van der Waals surface area contributed by atoms with Crippen LogP contribution >= 0.6 is 12.4 Å². The molecule has 0 heterocycles. The molecule has 2 N–H and O–H groups in total. The smallest absolute Gasteiger partial charge is 0.123 e. The first-order chi connectivity index (χ1) is 7.18. The van der Waals surface area contributed by atoms with Crippen LogP contribution in [0.15, 0.2) is 36.4 Å². The van der Waals surface area contributed by atoms with Gasteiger partial charge in [-0.15, -0.1) is 12.4 Å². The number of halogens is 1. The van der Waals surface area contributed by atoms with Crippen LogP contribution in [0.4, 0.5) is 5.69 Å². The van der Waals surface area contributed by atoms with Gasteiger partial charge in [0.2, 0.25) is 0 Å². The highest BCUT2D eigenvalue weighted by molar-refractivity contribution is 5.97. The van der Waals surface area contributed by atoms with E-state index in [1.54, 1.807) is 6.07 Å². The van der Waals surface area contributed by atoms with E-state index < -0.39 is 0 Å². The molecule has 0 bridgehead atoms. The molecule has 0 aliphatic heterocycles. The lowest BCUT2D eigenvalue weighted by molar-refractivity contribution is 0.481. The molecule has 0 aliphatic carbocycles. The highest BCUT2D eigenvalue weighted by atomic mass is 35.5. The molecule has 0 atom stereocenters. The lowest BCUT2D eigenvalue weighted by atomic mass is 10.1. The Morgan fingerprint density at radius 1 is 1.00 bits per heavy atom. The number of phenols is 1. The minimum Gasteiger partial charge on any atom is -0.507 e. The monoisotopic (exact) mass is 237 g/mol. The molecule has 2 rings (SSSR count). The summed E-state index contributed by atoms with van der Waals surface area (Å²) in [7, 11) is 0. The third-order valence-electron chi connectivity index (χ3n) is 2.35. The quantitative estimate of drug-likeness (QED) is 0.779. The number of rotatable bonds is 2. The summed E-state index contributed by atoms with van der Waals surface area (Å²) >= 11 is 0. The summed E-state index contributed by atoms with van der Waals surface area (Å²) in [4.78, 5) is 0. The van der Waals surface area contributed by atoms with Gasteiger partial charge in [-0.3, -0.25) is 0 Å². The summed E-state index contributed by atoms with van der Waals surface area (Å²) in [5.74, 6) is 0.333. The van der Waals surface area contributed by atoms with Crippen molar-refractivity contribution in [1.29, 1.82) is 0 Å². The van der Waals surface area contributed by atoms with Gasteiger partial charge in [0.25, 0.3) is 0 Å². The number of aromatic hydroxyl groups is 1. The van der Waals surface area contributed by atoms with E-state index in [1.807, 2.05) is 30.3 Å². The topological polar surface area (TPSA) is 32.3 Å². The predicted octanol–water partition coefficient (Wildman–Crippen LogP) is 3.79. The lowest BCUT2D eigenvalue weighted by Crippen LogP contribution is -2.09. The van der Waals surface area contributed by atoms with Crippen molar-refractivity contribution in [3.8, 4) is 5.75 Å². The SMILES string of the molecule is CC(C)Nc1ccc(O)c2ccccc12.Cl. The van der Waals surface area contributed by atoms with Crippen LogP contribution in [-0.4, -0.2) is 11.1 Å². The van der Waals surface area contributed by atoms with Gasteiger partial charge in [0.05, 0.1) is 0 Å². The number of phenolic OH excluding ortho intramolecular Hbond substituents is 1. The van der Waals surface area contributed by atoms with E-state index in [2.05, 4.69) is 19.2 Å². The number of anilines is 1. The van der Waals surface area contributed by atoms with Crippen LogP contribution in [0.1, 0.15) is 13.8 Å². The average molecular weight is 238 g/mol. The molecular formula is C13H16ClNO. The van der Waals surface area contributed by atoms with Gasteiger partial charge < -0.3 is 10.4 Å². The van der Waals surface area contributed by atoms with Gasteiger partial charge in [-0.2, -0.15) is 0 Å². The number of nitrogens with one attached hydrogen (secondary N) is 1. The third-order valence-corrected chi connectivity index (χ3v) is 2.35. The molecule has 2 aromatic carbocycles. The normalized spacial score (nSPS) is 10.2. The zero-order valence-corrected chi connectivity index (χ0v) is 10.2. The predicted molar refractivity (Wildman–Crippen MR) is 71.6 cm³/mol. The number of fused-ring (bicyclic) bond motifs is 1. The Bertz CT molecular complexity index is 482. The Morgan fingerprint density at radius 3 is 2.25 bits per heavy atom. The van der Waals surface area contributed by atoms with Gasteiger partial charge >= 0.3 is 0 Å². The molecular weight excluding hydrogens is 222 g/mol. The van der Waals surface area contributed by atoms with Crippen LogP contribution in [-0.2, 0) is 0 Å². The van der Waals surface area contributed by atoms with Gasteiger partial charge in [-0.05, 0) is 26.0 Å². The maximum atomic E-state index is 9.70. The fourth-order valence-corrected chi connectivity index (χ4v) is 1.72. The fourth-order valence-electron chi connectivity index (χ4n) is 1.72. The Kier molecular flexibility index (Phi) is 4.02. The summed E-state index contributed by atoms with van der Waals surface area (Å²) < 4.78 is 0. The summed E-state index contributed by atoms with van der Waals surface area (Å²) in [6.45, 7) is 4.20. The summed E-state index contributed by atoms with van der Waals surface area (Å²) in [5, 5.41) is 15.0. The van der Waals surface area contributed by atoms with Crippen molar-refractivity contribution in [3.05, 3.63) is 36.4 Å². The second-order valence-corrected chi connectivity index (χ2v) is 3.98. The van der Waals surface area contributed by atoms with E-state index in [0.717, 1.165) is 16.5 Å². The van der Waals surface area contributed by atoms with Crippen molar-refractivity contribution in [2.75, 3.05) is 5.32 Å². The zero-order chi connectivity index (χ0) is 10.8. The van der Waals surface area contributed by atoms with Gasteiger partial charge in [-0.1, -0.05) is 24.3 Å². The van der Waals surface area contributed by atoms with Crippen molar-refractivity contribution in [1.82, 2.24) is 0 Å². The molecule has 2 nitrogen and oxygen atoms in total. The Morgan fingerprint density at radius 2 is 1.62 bits per heavy atom. The number of hydrogen-bond donors (Lipinski definition) is 2. The molecule has 0 fully saturated rings. The van der Waals surface area contributed by atoms with Crippen molar-refractivity contribution in [2.45, 2.75) is 19.9 Å². The standard InChI is InChI=1S/C13H15NO.ClH/c1-9(2)14-12-7-8-13(15)11-6-4-3-5-10(11)12;/h3-9,14-15H,1-2H3;1H. The molecule has 0 aliphatic rings. The molecule has 16 heavy (non-hydrogen) atoms. The summed E-state index contributed by atoms with van der Waals surface area (Å²) in [5.41, 5.74) is 1.07. The van der Waals surface area contributed by atoms with E-state index in [1.165, 1.54) is 0 Å². The highest BCUT2D eigenvalue weighted by Gasteiger charge is 2.04. The maximum absolute atomic E-state index is 9.70. The van der Waals surface area contributed by atoms with E-state index in [9.17, 15) is 5.11 Å². The van der Waals surface area contributed by atoms with Gasteiger partial charge in [0, 0.05) is 22.5 Å². The van der Waals surface area contributed by atoms with E-state index in [-0.39, 0.29) is 12.4 Å². The molecule has 3 heteroatoms. The first-order valence-corrected chi connectivity index (χ1v) is 5.16. The van der Waals surface area contributed by atoms with Crippen LogP contribution in [0.3, 0.4) is 0 Å². The molecule has 2 aromatic rings. The minimum absolute atomic E-state index is 0. The first kappa shape index (κ1) is 12.7. The Balaban J connectivity index is 0.00000128. The summed E-state index contributed by atoms with van der Waals surface area (Å²) in [6, 6.07) is 11.9. The fraction of sp³-hybridized carbons (Fsp3) is 0.231. The molecule has 0 saturated heterocycles. The Hall–Kier alpha value is -1.41. The van der Waals surface area contributed by atoms with Gasteiger partial charge in [0.1, 0.15) is 5.75 Å².